The van der Waals surface area contributed by atoms with Gasteiger partial charge in [-0.25, -0.2) is 9.97 Å². The molecule has 0 N–H and O–H groups in total. The Kier molecular flexibility index (Phi) is 5.02. The number of amides is 1. The van der Waals surface area contributed by atoms with Gasteiger partial charge in [-0.05, 0) is 25.1 Å². The van der Waals surface area contributed by atoms with Crippen molar-refractivity contribution in [3.8, 4) is 0 Å². The second-order valence-electron chi connectivity index (χ2n) is 6.19. The molecule has 0 saturated carbocycles. The van der Waals surface area contributed by atoms with Gasteiger partial charge in [0.15, 0.2) is 0 Å². The largest absolute Gasteiger partial charge is 0.465 e. The molecule has 0 spiro atoms. The van der Waals surface area contributed by atoms with E-state index in [0.29, 0.717) is 18.8 Å². The smallest absolute Gasteiger partial charge is 0.246 e. The molecular weight excluding hydrogens is 318 g/mol. The van der Waals surface area contributed by atoms with Gasteiger partial charge in [-0.3, -0.25) is 4.79 Å². The quantitative estimate of drug-likeness (QED) is 0.790. The second-order valence-corrected chi connectivity index (χ2v) is 6.19. The Morgan fingerprint density at radius 3 is 2.64 bits per heavy atom. The zero-order chi connectivity index (χ0) is 17.8. The first-order chi connectivity index (χ1) is 12.0. The van der Waals surface area contributed by atoms with Crippen molar-refractivity contribution in [3.05, 3.63) is 42.1 Å². The number of furan rings is 1. The summed E-state index contributed by atoms with van der Waals surface area (Å²) in [5, 5.41) is 0. The van der Waals surface area contributed by atoms with Gasteiger partial charge in [-0.15, -0.1) is 0 Å². The summed E-state index contributed by atoms with van der Waals surface area (Å²) in [7, 11) is 3.93. The van der Waals surface area contributed by atoms with E-state index >= 15 is 0 Å². The maximum atomic E-state index is 12.3. The van der Waals surface area contributed by atoms with E-state index < -0.39 is 0 Å². The molecule has 3 rings (SSSR count). The molecule has 1 amide bonds. The van der Waals surface area contributed by atoms with Crippen LogP contribution in [0.25, 0.3) is 6.08 Å². The molecule has 1 aliphatic rings. The predicted octanol–water partition coefficient (Wildman–Crippen LogP) is 1.81. The molecule has 0 aliphatic carbocycles. The lowest BCUT2D eigenvalue weighted by molar-refractivity contribution is -0.126. The van der Waals surface area contributed by atoms with E-state index in [-0.39, 0.29) is 5.91 Å². The van der Waals surface area contributed by atoms with Crippen molar-refractivity contribution in [2.24, 2.45) is 0 Å². The van der Waals surface area contributed by atoms with Crippen molar-refractivity contribution in [2.75, 3.05) is 50.1 Å². The Morgan fingerprint density at radius 1 is 1.24 bits per heavy atom. The summed E-state index contributed by atoms with van der Waals surface area (Å²) in [4.78, 5) is 27.3. The molecule has 0 atom stereocenters. The van der Waals surface area contributed by atoms with Crippen molar-refractivity contribution in [2.45, 2.75) is 6.92 Å². The fraction of sp³-hybridized carbons (Fsp3) is 0.389. The van der Waals surface area contributed by atoms with Crippen LogP contribution >= 0.6 is 0 Å². The van der Waals surface area contributed by atoms with Crippen LogP contribution in [0.2, 0.25) is 0 Å². The number of rotatable bonds is 4. The number of anilines is 2. The standard InChI is InChI=1S/C18H23N5O2/c1-14-19-16(21(2)3)13-17(20-14)22-8-10-23(11-9-22)18(24)7-6-15-5-4-12-25-15/h4-7,12-13H,8-11H2,1-3H3/b7-6+. The Balaban J connectivity index is 1.61. The number of hydrogen-bond acceptors (Lipinski definition) is 6. The normalized spacial score (nSPS) is 15.0. The molecular formula is C18H23N5O2. The van der Waals surface area contributed by atoms with Crippen LogP contribution in [0.1, 0.15) is 11.6 Å². The van der Waals surface area contributed by atoms with Crippen LogP contribution < -0.4 is 9.80 Å². The minimum absolute atomic E-state index is 0.00361. The predicted molar refractivity (Wildman–Crippen MR) is 97.6 cm³/mol. The van der Waals surface area contributed by atoms with E-state index in [0.717, 1.165) is 30.5 Å². The van der Waals surface area contributed by atoms with Gasteiger partial charge in [0.1, 0.15) is 23.2 Å². The molecule has 0 unspecified atom stereocenters. The molecule has 2 aromatic heterocycles. The Labute approximate surface area is 147 Å². The van der Waals surface area contributed by atoms with Gasteiger partial charge in [0.2, 0.25) is 5.91 Å². The zero-order valence-corrected chi connectivity index (χ0v) is 14.8. The van der Waals surface area contributed by atoms with Crippen LogP contribution in [-0.4, -0.2) is 61.0 Å². The van der Waals surface area contributed by atoms with Crippen molar-refractivity contribution in [1.29, 1.82) is 0 Å². The molecule has 7 heteroatoms. The first-order valence-corrected chi connectivity index (χ1v) is 8.31. The molecule has 1 fully saturated rings. The van der Waals surface area contributed by atoms with Crippen molar-refractivity contribution < 1.29 is 9.21 Å². The summed E-state index contributed by atoms with van der Waals surface area (Å²) in [6, 6.07) is 5.61. The van der Waals surface area contributed by atoms with Crippen molar-refractivity contribution >= 4 is 23.6 Å². The fourth-order valence-electron chi connectivity index (χ4n) is 2.73. The van der Waals surface area contributed by atoms with E-state index in [4.69, 9.17) is 4.42 Å². The summed E-state index contributed by atoms with van der Waals surface area (Å²) in [6.07, 6.45) is 4.86. The zero-order valence-electron chi connectivity index (χ0n) is 14.8. The Bertz CT molecular complexity index is 747. The third kappa shape index (κ3) is 4.17. The summed E-state index contributed by atoms with van der Waals surface area (Å²) < 4.78 is 5.20. The molecule has 1 aliphatic heterocycles. The number of carbonyl (C=O) groups is 1. The van der Waals surface area contributed by atoms with E-state index in [2.05, 4.69) is 14.9 Å². The Morgan fingerprint density at radius 2 is 2.00 bits per heavy atom. The van der Waals surface area contributed by atoms with Gasteiger partial charge in [0.05, 0.1) is 6.26 Å². The third-order valence-corrected chi connectivity index (χ3v) is 4.12. The minimum Gasteiger partial charge on any atom is -0.465 e. The highest BCUT2D eigenvalue weighted by Gasteiger charge is 2.21. The van der Waals surface area contributed by atoms with Crippen molar-refractivity contribution in [3.63, 3.8) is 0 Å². The average Bonchev–Trinajstić information content (AvgIpc) is 3.13. The van der Waals surface area contributed by atoms with Gasteiger partial charge >= 0.3 is 0 Å². The van der Waals surface area contributed by atoms with Gasteiger partial charge in [-0.2, -0.15) is 0 Å². The summed E-state index contributed by atoms with van der Waals surface area (Å²) in [5.41, 5.74) is 0. The van der Waals surface area contributed by atoms with Crippen molar-refractivity contribution in [1.82, 2.24) is 14.9 Å². The number of hydrogen-bond donors (Lipinski definition) is 0. The SMILES string of the molecule is Cc1nc(N(C)C)cc(N2CCN(C(=O)/C=C/c3ccco3)CC2)n1. The van der Waals surface area contributed by atoms with Crippen LogP contribution in [0.15, 0.2) is 35.0 Å². The monoisotopic (exact) mass is 341 g/mol. The highest BCUT2D eigenvalue weighted by Crippen LogP contribution is 2.19. The molecule has 0 bridgehead atoms. The van der Waals surface area contributed by atoms with Gasteiger partial charge in [0, 0.05) is 52.4 Å². The van der Waals surface area contributed by atoms with Crippen LogP contribution in [0, 0.1) is 6.92 Å². The Hall–Kier alpha value is -2.83. The van der Waals surface area contributed by atoms with Crippen LogP contribution in [0.4, 0.5) is 11.6 Å². The fourth-order valence-corrected chi connectivity index (χ4v) is 2.73. The van der Waals surface area contributed by atoms with Crippen LogP contribution in [0.5, 0.6) is 0 Å². The topological polar surface area (TPSA) is 65.7 Å². The number of nitrogens with zero attached hydrogens (tertiary/aromatic N) is 5. The minimum atomic E-state index is 0.00361. The number of piperazine rings is 1. The molecule has 132 valence electrons. The lowest BCUT2D eigenvalue weighted by Crippen LogP contribution is -2.48. The lowest BCUT2D eigenvalue weighted by atomic mass is 10.3. The van der Waals surface area contributed by atoms with E-state index in [9.17, 15) is 4.79 Å². The first kappa shape index (κ1) is 17.0. The van der Waals surface area contributed by atoms with Gasteiger partial charge < -0.3 is 19.1 Å². The number of aromatic nitrogens is 2. The third-order valence-electron chi connectivity index (χ3n) is 4.12. The molecule has 0 radical (unpaired) electrons. The second kappa shape index (κ2) is 7.38. The maximum Gasteiger partial charge on any atom is 0.246 e. The molecule has 0 aromatic carbocycles. The number of carbonyl (C=O) groups excluding carboxylic acids is 1. The molecule has 25 heavy (non-hydrogen) atoms. The maximum absolute atomic E-state index is 12.3. The summed E-state index contributed by atoms with van der Waals surface area (Å²) in [6.45, 7) is 4.74. The summed E-state index contributed by atoms with van der Waals surface area (Å²) in [5.74, 6) is 3.24. The molecule has 1 saturated heterocycles. The highest BCUT2D eigenvalue weighted by molar-refractivity contribution is 5.91. The average molecular weight is 341 g/mol. The van der Waals surface area contributed by atoms with Gasteiger partial charge in [-0.1, -0.05) is 0 Å². The molecule has 7 nitrogen and oxygen atoms in total. The summed E-state index contributed by atoms with van der Waals surface area (Å²) >= 11 is 0. The van der Waals surface area contributed by atoms with E-state index in [1.165, 1.54) is 0 Å². The van der Waals surface area contributed by atoms with E-state index in [1.54, 1.807) is 24.5 Å². The lowest BCUT2D eigenvalue weighted by Gasteiger charge is -2.35. The van der Waals surface area contributed by atoms with E-state index in [1.807, 2.05) is 43.0 Å². The van der Waals surface area contributed by atoms with Crippen LogP contribution in [-0.2, 0) is 4.79 Å². The highest BCUT2D eigenvalue weighted by atomic mass is 16.3. The van der Waals surface area contributed by atoms with Gasteiger partial charge in [0.25, 0.3) is 0 Å². The first-order valence-electron chi connectivity index (χ1n) is 8.31. The molecule has 2 aromatic rings. The van der Waals surface area contributed by atoms with Crippen LogP contribution in [0.3, 0.4) is 0 Å². The molecule has 3 heterocycles. The number of aryl methyl sites for hydroxylation is 1.